The van der Waals surface area contributed by atoms with Crippen molar-refractivity contribution < 1.29 is 4.39 Å². The topological polar surface area (TPSA) is 26.0 Å². The van der Waals surface area contributed by atoms with Crippen LogP contribution in [0.2, 0.25) is 0 Å². The van der Waals surface area contributed by atoms with E-state index >= 15 is 0 Å². The molecule has 2 rings (SSSR count). The van der Waals surface area contributed by atoms with Gasteiger partial charge in [-0.05, 0) is 37.3 Å². The van der Waals surface area contributed by atoms with E-state index in [1.807, 2.05) is 13.0 Å². The van der Waals surface area contributed by atoms with Crippen LogP contribution < -0.4 is 5.73 Å². The lowest BCUT2D eigenvalue weighted by Crippen LogP contribution is -2.17. The summed E-state index contributed by atoms with van der Waals surface area (Å²) in [6.07, 6.45) is 3.63. The second-order valence-corrected chi connectivity index (χ2v) is 4.16. The number of benzene rings is 1. The van der Waals surface area contributed by atoms with E-state index in [2.05, 4.69) is 0 Å². The molecule has 0 bridgehead atoms. The molecular weight excluding hydrogens is 177 g/mol. The van der Waals surface area contributed by atoms with Gasteiger partial charge in [0.1, 0.15) is 5.82 Å². The van der Waals surface area contributed by atoms with E-state index in [0.29, 0.717) is 5.92 Å². The summed E-state index contributed by atoms with van der Waals surface area (Å²) in [6.45, 7) is 1.85. The van der Waals surface area contributed by atoms with E-state index in [9.17, 15) is 4.39 Å². The van der Waals surface area contributed by atoms with Gasteiger partial charge in [-0.3, -0.25) is 0 Å². The fraction of sp³-hybridized carbons (Fsp3) is 0.500. The Morgan fingerprint density at radius 1 is 1.43 bits per heavy atom. The number of nitrogens with two attached hydrogens (primary N) is 1. The van der Waals surface area contributed by atoms with E-state index in [-0.39, 0.29) is 11.9 Å². The van der Waals surface area contributed by atoms with Crippen molar-refractivity contribution in [2.75, 3.05) is 0 Å². The predicted octanol–water partition coefficient (Wildman–Crippen LogP) is 3.11. The second kappa shape index (κ2) is 3.70. The molecule has 14 heavy (non-hydrogen) atoms. The third kappa shape index (κ3) is 1.55. The van der Waals surface area contributed by atoms with Crippen LogP contribution in [0.1, 0.15) is 49.3 Å². The van der Waals surface area contributed by atoms with Gasteiger partial charge in [0, 0.05) is 11.6 Å². The van der Waals surface area contributed by atoms with Gasteiger partial charge in [0.05, 0.1) is 0 Å². The minimum absolute atomic E-state index is 0.149. The van der Waals surface area contributed by atoms with E-state index in [0.717, 1.165) is 11.1 Å². The number of rotatable bonds is 2. The zero-order valence-electron chi connectivity index (χ0n) is 8.46. The standard InChI is InChI=1S/C12H16FN/c1-8(14)12-10(9-4-2-5-9)6-3-7-11(12)13/h3,6-9H,2,4-5,14H2,1H3. The molecule has 76 valence electrons. The first-order valence-electron chi connectivity index (χ1n) is 5.24. The largest absolute Gasteiger partial charge is 0.324 e. The first-order chi connectivity index (χ1) is 6.70. The number of hydrogen-bond donors (Lipinski definition) is 1. The summed E-state index contributed by atoms with van der Waals surface area (Å²) in [6, 6.07) is 5.10. The summed E-state index contributed by atoms with van der Waals surface area (Å²) in [5.41, 5.74) is 7.64. The summed E-state index contributed by atoms with van der Waals surface area (Å²) in [7, 11) is 0. The molecule has 0 radical (unpaired) electrons. The van der Waals surface area contributed by atoms with E-state index < -0.39 is 0 Å². The molecule has 0 aliphatic heterocycles. The van der Waals surface area contributed by atoms with Gasteiger partial charge in [-0.25, -0.2) is 4.39 Å². The first kappa shape index (κ1) is 9.66. The van der Waals surface area contributed by atoms with Gasteiger partial charge in [0.2, 0.25) is 0 Å². The Hall–Kier alpha value is -0.890. The molecule has 2 heteroatoms. The van der Waals surface area contributed by atoms with Crippen LogP contribution >= 0.6 is 0 Å². The van der Waals surface area contributed by atoms with Crippen molar-refractivity contribution >= 4 is 0 Å². The summed E-state index contributed by atoms with van der Waals surface area (Å²) < 4.78 is 13.5. The maximum Gasteiger partial charge on any atom is 0.128 e. The van der Waals surface area contributed by atoms with Gasteiger partial charge in [0.15, 0.2) is 0 Å². The quantitative estimate of drug-likeness (QED) is 0.767. The SMILES string of the molecule is CC(N)c1c(F)cccc1C1CCC1. The average Bonchev–Trinajstić information content (AvgIpc) is 1.99. The molecule has 1 aromatic rings. The molecule has 1 fully saturated rings. The Bertz CT molecular complexity index is 329. The molecule has 1 aliphatic carbocycles. The molecule has 0 aromatic heterocycles. The highest BCUT2D eigenvalue weighted by molar-refractivity contribution is 5.34. The molecule has 1 atom stereocenters. The monoisotopic (exact) mass is 193 g/mol. The van der Waals surface area contributed by atoms with Gasteiger partial charge >= 0.3 is 0 Å². The minimum Gasteiger partial charge on any atom is -0.324 e. The molecule has 0 spiro atoms. The molecule has 2 N–H and O–H groups in total. The lowest BCUT2D eigenvalue weighted by molar-refractivity contribution is 0.412. The van der Waals surface area contributed by atoms with Crippen LogP contribution in [0.5, 0.6) is 0 Å². The summed E-state index contributed by atoms with van der Waals surface area (Å²) >= 11 is 0. The van der Waals surface area contributed by atoms with Gasteiger partial charge in [-0.1, -0.05) is 18.6 Å². The second-order valence-electron chi connectivity index (χ2n) is 4.16. The summed E-state index contributed by atoms with van der Waals surface area (Å²) in [5.74, 6) is 0.399. The molecule has 0 heterocycles. The Morgan fingerprint density at radius 2 is 2.14 bits per heavy atom. The molecule has 0 saturated heterocycles. The molecular formula is C12H16FN. The van der Waals surface area contributed by atoms with Gasteiger partial charge in [-0.15, -0.1) is 0 Å². The normalized spacial score (nSPS) is 19.1. The molecule has 1 nitrogen and oxygen atoms in total. The Morgan fingerprint density at radius 3 is 2.64 bits per heavy atom. The van der Waals surface area contributed by atoms with Crippen molar-refractivity contribution in [3.8, 4) is 0 Å². The molecule has 0 amide bonds. The van der Waals surface area contributed by atoms with Crippen LogP contribution in [0, 0.1) is 5.82 Å². The van der Waals surface area contributed by atoms with E-state index in [4.69, 9.17) is 5.73 Å². The van der Waals surface area contributed by atoms with Crippen LogP contribution in [-0.4, -0.2) is 0 Å². The minimum atomic E-state index is -0.202. The van der Waals surface area contributed by atoms with Crippen molar-refractivity contribution in [2.24, 2.45) is 5.73 Å². The van der Waals surface area contributed by atoms with Crippen LogP contribution in [0.15, 0.2) is 18.2 Å². The zero-order chi connectivity index (χ0) is 10.1. The molecule has 1 saturated carbocycles. The maximum atomic E-state index is 13.5. The van der Waals surface area contributed by atoms with E-state index in [1.54, 1.807) is 6.07 Å². The summed E-state index contributed by atoms with van der Waals surface area (Å²) in [5, 5.41) is 0. The van der Waals surface area contributed by atoms with Crippen molar-refractivity contribution in [2.45, 2.75) is 38.1 Å². The summed E-state index contributed by atoms with van der Waals surface area (Å²) in [4.78, 5) is 0. The average molecular weight is 193 g/mol. The third-order valence-corrected chi connectivity index (χ3v) is 3.09. The Balaban J connectivity index is 2.41. The molecule has 1 unspecified atom stereocenters. The third-order valence-electron chi connectivity index (χ3n) is 3.09. The zero-order valence-corrected chi connectivity index (χ0v) is 8.46. The lowest BCUT2D eigenvalue weighted by atomic mass is 9.77. The maximum absolute atomic E-state index is 13.5. The van der Waals surface area contributed by atoms with Crippen molar-refractivity contribution in [1.29, 1.82) is 0 Å². The number of hydrogen-bond acceptors (Lipinski definition) is 1. The smallest absolute Gasteiger partial charge is 0.128 e. The Labute approximate surface area is 84.1 Å². The van der Waals surface area contributed by atoms with Gasteiger partial charge < -0.3 is 5.73 Å². The van der Waals surface area contributed by atoms with Crippen LogP contribution in [0.4, 0.5) is 4.39 Å². The van der Waals surface area contributed by atoms with E-state index in [1.165, 1.54) is 25.3 Å². The van der Waals surface area contributed by atoms with Crippen molar-refractivity contribution in [3.63, 3.8) is 0 Å². The Kier molecular flexibility index (Phi) is 2.55. The highest BCUT2D eigenvalue weighted by Crippen LogP contribution is 2.39. The van der Waals surface area contributed by atoms with Crippen LogP contribution in [0.25, 0.3) is 0 Å². The highest BCUT2D eigenvalue weighted by Gasteiger charge is 2.24. The first-order valence-corrected chi connectivity index (χ1v) is 5.24. The van der Waals surface area contributed by atoms with Gasteiger partial charge in [0.25, 0.3) is 0 Å². The van der Waals surface area contributed by atoms with Crippen molar-refractivity contribution in [1.82, 2.24) is 0 Å². The fourth-order valence-corrected chi connectivity index (χ4v) is 2.11. The predicted molar refractivity (Wildman–Crippen MR) is 55.6 cm³/mol. The number of halogens is 1. The van der Waals surface area contributed by atoms with Crippen LogP contribution in [0.3, 0.4) is 0 Å². The lowest BCUT2D eigenvalue weighted by Gasteiger charge is -2.29. The fourth-order valence-electron chi connectivity index (χ4n) is 2.11. The molecule has 1 aromatic carbocycles. The van der Waals surface area contributed by atoms with Crippen molar-refractivity contribution in [3.05, 3.63) is 35.1 Å². The highest BCUT2D eigenvalue weighted by atomic mass is 19.1. The van der Waals surface area contributed by atoms with Crippen LogP contribution in [-0.2, 0) is 0 Å². The van der Waals surface area contributed by atoms with Gasteiger partial charge in [-0.2, -0.15) is 0 Å². The molecule has 1 aliphatic rings.